The lowest BCUT2D eigenvalue weighted by atomic mass is 9.97. The van der Waals surface area contributed by atoms with Gasteiger partial charge < -0.3 is 14.8 Å². The third-order valence-electron chi connectivity index (χ3n) is 2.72. The van der Waals surface area contributed by atoms with Gasteiger partial charge in [0.15, 0.2) is 5.82 Å². The number of H-pyrrole nitrogens is 1. The van der Waals surface area contributed by atoms with Crippen LogP contribution in [0.2, 0.25) is 0 Å². The molecule has 0 aliphatic rings. The van der Waals surface area contributed by atoms with E-state index in [1.54, 1.807) is 12.3 Å². The van der Waals surface area contributed by atoms with E-state index < -0.39 is 0 Å². The molecular formula is C13H18N4O2. The molecule has 0 aliphatic carbocycles. The number of aromatic nitrogens is 3. The molecule has 0 atom stereocenters. The highest BCUT2D eigenvalue weighted by Gasteiger charge is 2.21. The number of nitrogens with zero attached hydrogens (tertiary/aromatic N) is 2. The van der Waals surface area contributed by atoms with Crippen molar-refractivity contribution in [3.63, 3.8) is 0 Å². The number of amides is 1. The van der Waals surface area contributed by atoms with E-state index in [0.717, 1.165) is 5.69 Å². The number of hydrogen-bond acceptors (Lipinski definition) is 4. The number of nitrogens with one attached hydrogen (secondary N) is 2. The van der Waals surface area contributed by atoms with Gasteiger partial charge in [-0.2, -0.15) is 4.98 Å². The van der Waals surface area contributed by atoms with E-state index in [9.17, 15) is 4.79 Å². The Kier molecular flexibility index (Phi) is 3.42. The maximum Gasteiger partial charge on any atom is 0.253 e. The molecule has 0 aromatic carbocycles. The molecule has 2 N–H and O–H groups in total. The lowest BCUT2D eigenvalue weighted by Gasteiger charge is -2.10. The van der Waals surface area contributed by atoms with Crippen LogP contribution < -0.4 is 5.32 Å². The summed E-state index contributed by atoms with van der Waals surface area (Å²) in [6, 6.07) is 1.74. The monoisotopic (exact) mass is 262 g/mol. The van der Waals surface area contributed by atoms with E-state index >= 15 is 0 Å². The lowest BCUT2D eigenvalue weighted by Crippen LogP contribution is -2.23. The van der Waals surface area contributed by atoms with Crippen molar-refractivity contribution in [3.8, 4) is 0 Å². The van der Waals surface area contributed by atoms with E-state index in [1.807, 2.05) is 27.7 Å². The molecule has 0 spiro atoms. The Hall–Kier alpha value is -2.11. The summed E-state index contributed by atoms with van der Waals surface area (Å²) >= 11 is 0. The molecule has 19 heavy (non-hydrogen) atoms. The molecule has 2 aromatic heterocycles. The van der Waals surface area contributed by atoms with E-state index in [0.29, 0.717) is 17.3 Å². The second kappa shape index (κ2) is 4.87. The maximum absolute atomic E-state index is 11.9. The minimum absolute atomic E-state index is 0.152. The van der Waals surface area contributed by atoms with Gasteiger partial charge in [-0.3, -0.25) is 4.79 Å². The number of hydrogen-bond donors (Lipinski definition) is 2. The fourth-order valence-corrected chi connectivity index (χ4v) is 1.58. The van der Waals surface area contributed by atoms with Gasteiger partial charge >= 0.3 is 0 Å². The summed E-state index contributed by atoms with van der Waals surface area (Å²) in [5.41, 5.74) is 1.27. The zero-order chi connectivity index (χ0) is 14.0. The van der Waals surface area contributed by atoms with Crippen LogP contribution in [0.1, 0.15) is 48.5 Å². The number of aryl methyl sites for hydroxylation is 1. The van der Waals surface area contributed by atoms with Gasteiger partial charge in [0.2, 0.25) is 5.89 Å². The van der Waals surface area contributed by atoms with Crippen LogP contribution in [0.4, 0.5) is 0 Å². The normalized spacial score (nSPS) is 11.6. The minimum Gasteiger partial charge on any atom is -0.365 e. The Morgan fingerprint density at radius 1 is 1.47 bits per heavy atom. The molecule has 2 aromatic rings. The lowest BCUT2D eigenvalue weighted by molar-refractivity contribution is 0.0949. The molecule has 0 aliphatic heterocycles. The quantitative estimate of drug-likeness (QED) is 0.885. The first kappa shape index (κ1) is 13.3. The number of carbonyl (C=O) groups excluding carboxylic acids is 1. The molecule has 0 bridgehead atoms. The van der Waals surface area contributed by atoms with Crippen molar-refractivity contribution in [2.45, 2.75) is 39.7 Å². The number of aromatic amines is 1. The number of rotatable bonds is 3. The van der Waals surface area contributed by atoms with E-state index in [2.05, 4.69) is 20.4 Å². The third kappa shape index (κ3) is 3.01. The number of carbonyl (C=O) groups is 1. The standard InChI is InChI=1S/C13H18N4O2/c1-8-9(5-6-14-8)11(18)15-7-10-16-12(19-17-10)13(2,3)4/h5-6,14H,7H2,1-4H3,(H,15,18). The van der Waals surface area contributed by atoms with Crippen molar-refractivity contribution in [2.24, 2.45) is 0 Å². The smallest absolute Gasteiger partial charge is 0.253 e. The minimum atomic E-state index is -0.188. The Labute approximate surface area is 111 Å². The second-order valence-corrected chi connectivity index (χ2v) is 5.46. The van der Waals surface area contributed by atoms with Gasteiger partial charge in [-0.15, -0.1) is 0 Å². The van der Waals surface area contributed by atoms with Crippen LogP contribution in [0.15, 0.2) is 16.8 Å². The van der Waals surface area contributed by atoms with Crippen LogP contribution >= 0.6 is 0 Å². The first-order valence-electron chi connectivity index (χ1n) is 6.13. The molecule has 6 heteroatoms. The topological polar surface area (TPSA) is 83.8 Å². The molecule has 0 radical (unpaired) electrons. The van der Waals surface area contributed by atoms with Gasteiger partial charge in [0.05, 0.1) is 12.1 Å². The fourth-order valence-electron chi connectivity index (χ4n) is 1.58. The van der Waals surface area contributed by atoms with Crippen molar-refractivity contribution in [2.75, 3.05) is 0 Å². The van der Waals surface area contributed by atoms with Crippen LogP contribution in [0.3, 0.4) is 0 Å². The molecule has 0 fully saturated rings. The summed E-state index contributed by atoms with van der Waals surface area (Å²) in [5.74, 6) is 0.891. The average molecular weight is 262 g/mol. The molecule has 1 amide bonds. The predicted molar refractivity (Wildman–Crippen MR) is 69.7 cm³/mol. The first-order chi connectivity index (χ1) is 8.88. The molecule has 2 rings (SSSR count). The van der Waals surface area contributed by atoms with Crippen LogP contribution in [0.5, 0.6) is 0 Å². The summed E-state index contributed by atoms with van der Waals surface area (Å²) in [7, 11) is 0. The summed E-state index contributed by atoms with van der Waals surface area (Å²) < 4.78 is 5.16. The van der Waals surface area contributed by atoms with Crippen molar-refractivity contribution >= 4 is 5.91 Å². The highest BCUT2D eigenvalue weighted by Crippen LogP contribution is 2.19. The Balaban J connectivity index is 1.98. The summed E-state index contributed by atoms with van der Waals surface area (Å²) in [5, 5.41) is 6.61. The van der Waals surface area contributed by atoms with E-state index in [1.165, 1.54) is 0 Å². The maximum atomic E-state index is 11.9. The largest absolute Gasteiger partial charge is 0.365 e. The highest BCUT2D eigenvalue weighted by atomic mass is 16.5. The van der Waals surface area contributed by atoms with E-state index in [4.69, 9.17) is 4.52 Å². The van der Waals surface area contributed by atoms with Gasteiger partial charge in [-0.25, -0.2) is 0 Å². The Morgan fingerprint density at radius 2 is 2.21 bits per heavy atom. The van der Waals surface area contributed by atoms with Crippen molar-refractivity contribution in [3.05, 3.63) is 35.2 Å². The first-order valence-corrected chi connectivity index (χ1v) is 6.13. The highest BCUT2D eigenvalue weighted by molar-refractivity contribution is 5.95. The van der Waals surface area contributed by atoms with Gasteiger partial charge in [0, 0.05) is 17.3 Å². The van der Waals surface area contributed by atoms with E-state index in [-0.39, 0.29) is 17.9 Å². The van der Waals surface area contributed by atoms with Crippen LogP contribution in [0.25, 0.3) is 0 Å². The van der Waals surface area contributed by atoms with Gasteiger partial charge in [-0.1, -0.05) is 25.9 Å². The van der Waals surface area contributed by atoms with Crippen molar-refractivity contribution in [1.29, 1.82) is 0 Å². The van der Waals surface area contributed by atoms with Gasteiger partial charge in [-0.05, 0) is 13.0 Å². The zero-order valence-electron chi connectivity index (χ0n) is 11.6. The zero-order valence-corrected chi connectivity index (χ0v) is 11.6. The molecule has 6 nitrogen and oxygen atoms in total. The molecule has 0 saturated heterocycles. The van der Waals surface area contributed by atoms with Crippen LogP contribution in [-0.2, 0) is 12.0 Å². The van der Waals surface area contributed by atoms with Crippen molar-refractivity contribution < 1.29 is 9.32 Å². The SMILES string of the molecule is Cc1[nH]ccc1C(=O)NCc1noc(C(C)(C)C)n1. The second-order valence-electron chi connectivity index (χ2n) is 5.46. The van der Waals surface area contributed by atoms with Crippen molar-refractivity contribution in [1.82, 2.24) is 20.4 Å². The Bertz CT molecular complexity index is 577. The summed E-state index contributed by atoms with van der Waals surface area (Å²) in [4.78, 5) is 19.1. The molecule has 0 unspecified atom stereocenters. The Morgan fingerprint density at radius 3 is 2.74 bits per heavy atom. The third-order valence-corrected chi connectivity index (χ3v) is 2.72. The molecular weight excluding hydrogens is 244 g/mol. The molecule has 2 heterocycles. The summed E-state index contributed by atoms with van der Waals surface area (Å²) in [6.45, 7) is 8.08. The molecule has 102 valence electrons. The van der Waals surface area contributed by atoms with Gasteiger partial charge in [0.25, 0.3) is 5.91 Å². The predicted octanol–water partition coefficient (Wildman–Crippen LogP) is 1.93. The van der Waals surface area contributed by atoms with Crippen LogP contribution in [0, 0.1) is 6.92 Å². The fraction of sp³-hybridized carbons (Fsp3) is 0.462. The van der Waals surface area contributed by atoms with Crippen LogP contribution in [-0.4, -0.2) is 21.0 Å². The molecule has 0 saturated carbocycles. The average Bonchev–Trinajstić information content (AvgIpc) is 2.93. The van der Waals surface area contributed by atoms with Gasteiger partial charge in [0.1, 0.15) is 0 Å². The summed E-state index contributed by atoms with van der Waals surface area (Å²) in [6.07, 6.45) is 1.73.